The van der Waals surface area contributed by atoms with E-state index in [-0.39, 0.29) is 17.9 Å². The number of aliphatic carboxylic acids is 1. The van der Waals surface area contributed by atoms with E-state index in [4.69, 9.17) is 9.47 Å². The number of allylic oxidation sites excluding steroid dienone is 1. The van der Waals surface area contributed by atoms with Gasteiger partial charge in [0.1, 0.15) is 0 Å². The summed E-state index contributed by atoms with van der Waals surface area (Å²) in [6, 6.07) is 0. The summed E-state index contributed by atoms with van der Waals surface area (Å²) >= 11 is 0. The van der Waals surface area contributed by atoms with Crippen molar-refractivity contribution in [2.75, 3.05) is 14.2 Å². The van der Waals surface area contributed by atoms with Crippen molar-refractivity contribution in [3.05, 3.63) is 11.1 Å². The van der Waals surface area contributed by atoms with Gasteiger partial charge >= 0.3 is 17.9 Å². The molecule has 1 N–H and O–H groups in total. The van der Waals surface area contributed by atoms with E-state index < -0.39 is 22.2 Å². The molecule has 2 atom stereocenters. The third-order valence-corrected chi connectivity index (χ3v) is 6.98. The van der Waals surface area contributed by atoms with Crippen molar-refractivity contribution in [1.82, 2.24) is 0 Å². The lowest BCUT2D eigenvalue weighted by atomic mass is 9.38. The van der Waals surface area contributed by atoms with Crippen LogP contribution < -0.4 is 0 Å². The molecular formula is C19H26O6. The third kappa shape index (κ3) is 2.41. The minimum absolute atomic E-state index is 0.200. The first-order chi connectivity index (χ1) is 11.6. The molecule has 4 aliphatic carbocycles. The van der Waals surface area contributed by atoms with Gasteiger partial charge in [0.2, 0.25) is 0 Å². The highest BCUT2D eigenvalue weighted by Gasteiger charge is 2.69. The molecule has 4 aliphatic rings. The van der Waals surface area contributed by atoms with Gasteiger partial charge in [0, 0.05) is 5.57 Å². The van der Waals surface area contributed by atoms with Crippen molar-refractivity contribution in [1.29, 1.82) is 0 Å². The van der Waals surface area contributed by atoms with E-state index in [1.165, 1.54) is 14.2 Å². The zero-order chi connectivity index (χ0) is 18.6. The predicted octanol–water partition coefficient (Wildman–Crippen LogP) is 2.71. The summed E-state index contributed by atoms with van der Waals surface area (Å²) in [6.45, 7) is 3.44. The van der Waals surface area contributed by atoms with Crippen LogP contribution in [0, 0.1) is 22.2 Å². The van der Waals surface area contributed by atoms with Crippen molar-refractivity contribution in [2.24, 2.45) is 22.2 Å². The highest BCUT2D eigenvalue weighted by molar-refractivity contribution is 5.88. The molecule has 4 bridgehead atoms. The Morgan fingerprint density at radius 2 is 1.24 bits per heavy atom. The first-order valence-corrected chi connectivity index (χ1v) is 8.72. The van der Waals surface area contributed by atoms with Crippen molar-refractivity contribution >= 4 is 17.9 Å². The number of hydrogen-bond donors (Lipinski definition) is 1. The van der Waals surface area contributed by atoms with Crippen molar-refractivity contribution in [2.45, 2.75) is 52.4 Å². The topological polar surface area (TPSA) is 89.9 Å². The molecule has 0 heterocycles. The van der Waals surface area contributed by atoms with Crippen molar-refractivity contribution in [3.63, 3.8) is 0 Å². The lowest BCUT2D eigenvalue weighted by Gasteiger charge is -2.64. The highest BCUT2D eigenvalue weighted by atomic mass is 16.5. The number of carbonyl (C=O) groups excluding carboxylic acids is 2. The Kier molecular flexibility index (Phi) is 4.01. The number of rotatable bonds is 4. The minimum atomic E-state index is -0.951. The monoisotopic (exact) mass is 350 g/mol. The van der Waals surface area contributed by atoms with E-state index in [1.54, 1.807) is 6.92 Å². The summed E-state index contributed by atoms with van der Waals surface area (Å²) in [5, 5.41) is 9.45. The van der Waals surface area contributed by atoms with Crippen LogP contribution in [0.15, 0.2) is 11.1 Å². The maximum Gasteiger partial charge on any atom is 0.331 e. The molecule has 0 aromatic rings. The number of carboxylic acids is 1. The normalized spacial score (nSPS) is 39.6. The first kappa shape index (κ1) is 18.0. The molecule has 25 heavy (non-hydrogen) atoms. The fourth-order valence-electron chi connectivity index (χ4n) is 6.30. The Hall–Kier alpha value is -1.85. The highest BCUT2D eigenvalue weighted by Crippen LogP contribution is 2.72. The predicted molar refractivity (Wildman–Crippen MR) is 88.5 cm³/mol. The molecule has 0 aromatic heterocycles. The number of hydrogen-bond acceptors (Lipinski definition) is 5. The summed E-state index contributed by atoms with van der Waals surface area (Å²) in [5.41, 5.74) is -0.803. The molecule has 4 fully saturated rings. The number of esters is 2. The SMILES string of the molecule is COC(=O)C12CC3CC(C(=O)OC)(C1)CC(C(C)=C(C)C(=O)O)(C3)C2. The summed E-state index contributed by atoms with van der Waals surface area (Å²) in [4.78, 5) is 36.9. The van der Waals surface area contributed by atoms with Crippen LogP contribution in [-0.4, -0.2) is 37.2 Å². The van der Waals surface area contributed by atoms with Gasteiger partial charge in [-0.25, -0.2) is 4.79 Å². The fourth-order valence-corrected chi connectivity index (χ4v) is 6.30. The molecule has 138 valence electrons. The zero-order valence-corrected chi connectivity index (χ0v) is 15.3. The van der Waals surface area contributed by atoms with E-state index in [1.807, 2.05) is 6.92 Å². The van der Waals surface area contributed by atoms with Crippen LogP contribution >= 0.6 is 0 Å². The van der Waals surface area contributed by atoms with Gasteiger partial charge in [-0.2, -0.15) is 0 Å². The molecule has 0 amide bonds. The summed E-state index contributed by atoms with van der Waals surface area (Å²) in [5.74, 6) is -1.32. The lowest BCUT2D eigenvalue weighted by Crippen LogP contribution is -2.62. The van der Waals surface area contributed by atoms with Crippen LogP contribution in [0.5, 0.6) is 0 Å². The van der Waals surface area contributed by atoms with Crippen molar-refractivity contribution < 1.29 is 29.0 Å². The minimum Gasteiger partial charge on any atom is -0.478 e. The Balaban J connectivity index is 2.16. The van der Waals surface area contributed by atoms with Gasteiger partial charge in [-0.3, -0.25) is 9.59 Å². The Morgan fingerprint density at radius 3 is 1.64 bits per heavy atom. The van der Waals surface area contributed by atoms with Gasteiger partial charge in [0.05, 0.1) is 25.0 Å². The maximum absolute atomic E-state index is 12.7. The summed E-state index contributed by atoms with van der Waals surface area (Å²) in [6.07, 6.45) is 3.79. The molecule has 4 saturated carbocycles. The van der Waals surface area contributed by atoms with Gasteiger partial charge < -0.3 is 14.6 Å². The molecule has 0 aliphatic heterocycles. The zero-order valence-electron chi connectivity index (χ0n) is 15.3. The van der Waals surface area contributed by atoms with Gasteiger partial charge in [-0.15, -0.1) is 0 Å². The lowest BCUT2D eigenvalue weighted by molar-refractivity contribution is -0.200. The van der Waals surface area contributed by atoms with Crippen LogP contribution in [-0.2, 0) is 23.9 Å². The van der Waals surface area contributed by atoms with Gasteiger partial charge in [-0.1, -0.05) is 5.57 Å². The molecule has 0 saturated heterocycles. The van der Waals surface area contributed by atoms with Crippen LogP contribution in [0.4, 0.5) is 0 Å². The number of methoxy groups -OCH3 is 2. The van der Waals surface area contributed by atoms with E-state index in [0.29, 0.717) is 37.7 Å². The van der Waals surface area contributed by atoms with E-state index >= 15 is 0 Å². The maximum atomic E-state index is 12.7. The van der Waals surface area contributed by atoms with Crippen molar-refractivity contribution in [3.8, 4) is 0 Å². The van der Waals surface area contributed by atoms with E-state index in [9.17, 15) is 19.5 Å². The summed E-state index contributed by atoms with van der Waals surface area (Å²) < 4.78 is 10.2. The second kappa shape index (κ2) is 5.58. The number of ether oxygens (including phenoxy) is 2. The molecular weight excluding hydrogens is 324 g/mol. The quantitative estimate of drug-likeness (QED) is 0.619. The van der Waals surface area contributed by atoms with Crippen LogP contribution in [0.2, 0.25) is 0 Å². The average Bonchev–Trinajstić information content (AvgIpc) is 2.57. The van der Waals surface area contributed by atoms with E-state index in [2.05, 4.69) is 0 Å². The molecule has 6 heteroatoms. The number of carbonyl (C=O) groups is 3. The molecule has 0 radical (unpaired) electrons. The Bertz CT molecular complexity index is 643. The van der Waals surface area contributed by atoms with Crippen LogP contribution in [0.3, 0.4) is 0 Å². The number of carboxylic acid groups (broad SMARTS) is 1. The first-order valence-electron chi connectivity index (χ1n) is 8.72. The third-order valence-electron chi connectivity index (χ3n) is 6.98. The van der Waals surface area contributed by atoms with Crippen LogP contribution in [0.1, 0.15) is 52.4 Å². The second-order valence-electron chi connectivity index (χ2n) is 8.39. The largest absolute Gasteiger partial charge is 0.478 e. The Morgan fingerprint density at radius 1 is 0.840 bits per heavy atom. The van der Waals surface area contributed by atoms with Crippen LogP contribution in [0.25, 0.3) is 0 Å². The molecule has 0 spiro atoms. The average molecular weight is 350 g/mol. The molecule has 2 unspecified atom stereocenters. The van der Waals surface area contributed by atoms with Gasteiger partial charge in [0.15, 0.2) is 0 Å². The smallest absolute Gasteiger partial charge is 0.331 e. The van der Waals surface area contributed by atoms with Gasteiger partial charge in [0.25, 0.3) is 0 Å². The summed E-state index contributed by atoms with van der Waals surface area (Å²) in [7, 11) is 2.76. The Labute approximate surface area is 147 Å². The molecule has 6 nitrogen and oxygen atoms in total. The standard InChI is InChI=1S/C19H26O6/c1-11(14(20)21)12(2)17-5-13-6-18(8-17,15(22)24-3)10-19(7-13,9-17)16(23)25-4/h13H,5-10H2,1-4H3,(H,20,21). The fraction of sp³-hybridized carbons (Fsp3) is 0.737. The van der Waals surface area contributed by atoms with Gasteiger partial charge in [-0.05, 0) is 63.7 Å². The second-order valence-corrected chi connectivity index (χ2v) is 8.39. The molecule has 0 aromatic carbocycles. The molecule has 4 rings (SSSR count). The van der Waals surface area contributed by atoms with E-state index in [0.717, 1.165) is 12.0 Å².